The summed E-state index contributed by atoms with van der Waals surface area (Å²) in [6, 6.07) is 7.07. The smallest absolute Gasteiger partial charge is 0.336 e. The highest BCUT2D eigenvalue weighted by Gasteiger charge is 2.44. The minimum absolute atomic E-state index is 0. The fraction of sp³-hybridized carbons (Fsp3) is 0.462. The maximum Gasteiger partial charge on any atom is 0.349 e. The Balaban J connectivity index is 0.00000180. The van der Waals surface area contributed by atoms with Crippen molar-refractivity contribution in [2.75, 3.05) is 20.1 Å². The minimum atomic E-state index is -3.46. The average Bonchev–Trinajstić information content (AvgIpc) is 2.92. The molecule has 1 unspecified atom stereocenters. The molecule has 106 valence electrons. The van der Waals surface area contributed by atoms with Gasteiger partial charge in [0.05, 0.1) is 0 Å². The van der Waals surface area contributed by atoms with Gasteiger partial charge in [0.1, 0.15) is 0 Å². The molecule has 0 spiro atoms. The van der Waals surface area contributed by atoms with Crippen LogP contribution in [0.4, 0.5) is 8.78 Å². The molecule has 1 aromatic rings. The molecule has 1 aliphatic heterocycles. The molecular formula is C13H17ClF2N2O. The summed E-state index contributed by atoms with van der Waals surface area (Å²) in [5.41, 5.74) is -0.257. The van der Waals surface area contributed by atoms with Crippen molar-refractivity contribution in [3.05, 3.63) is 35.9 Å². The second kappa shape index (κ2) is 6.30. The quantitative estimate of drug-likeness (QED) is 0.924. The molecule has 1 fully saturated rings. The van der Waals surface area contributed by atoms with E-state index in [0.29, 0.717) is 13.0 Å². The van der Waals surface area contributed by atoms with Crippen molar-refractivity contribution < 1.29 is 13.6 Å². The molecule has 0 saturated carbocycles. The van der Waals surface area contributed by atoms with E-state index in [9.17, 15) is 13.6 Å². The molecule has 1 amide bonds. The lowest BCUT2D eigenvalue weighted by Crippen LogP contribution is -2.45. The molecule has 1 atom stereocenters. The highest BCUT2D eigenvalue weighted by molar-refractivity contribution is 5.85. The Morgan fingerprint density at radius 1 is 1.37 bits per heavy atom. The number of nitrogens with zero attached hydrogens (tertiary/aromatic N) is 1. The van der Waals surface area contributed by atoms with Crippen molar-refractivity contribution in [3.8, 4) is 0 Å². The lowest BCUT2D eigenvalue weighted by Gasteiger charge is -2.28. The van der Waals surface area contributed by atoms with Gasteiger partial charge in [-0.25, -0.2) is 0 Å². The number of likely N-dealkylation sites (N-methyl/N-ethyl adjacent to an activating group) is 1. The van der Waals surface area contributed by atoms with Crippen LogP contribution in [0.15, 0.2) is 30.3 Å². The van der Waals surface area contributed by atoms with Crippen LogP contribution in [-0.4, -0.2) is 37.0 Å². The Morgan fingerprint density at radius 3 is 2.53 bits per heavy atom. The van der Waals surface area contributed by atoms with Crippen molar-refractivity contribution in [2.45, 2.75) is 18.4 Å². The SMILES string of the molecule is CN(C(=O)C(F)(F)c1ccccc1)C1CCNC1.Cl. The molecule has 1 aromatic carbocycles. The number of benzene rings is 1. The zero-order chi connectivity index (χ0) is 13.2. The Kier molecular flexibility index (Phi) is 5.26. The van der Waals surface area contributed by atoms with Crippen LogP contribution in [0.25, 0.3) is 0 Å². The van der Waals surface area contributed by atoms with E-state index in [1.165, 1.54) is 31.3 Å². The zero-order valence-electron chi connectivity index (χ0n) is 10.6. The van der Waals surface area contributed by atoms with E-state index in [1.54, 1.807) is 6.07 Å². The van der Waals surface area contributed by atoms with Crippen LogP contribution in [-0.2, 0) is 10.7 Å². The van der Waals surface area contributed by atoms with Crippen LogP contribution in [0.5, 0.6) is 0 Å². The summed E-state index contributed by atoms with van der Waals surface area (Å²) in [5, 5.41) is 3.06. The van der Waals surface area contributed by atoms with E-state index in [4.69, 9.17) is 0 Å². The minimum Gasteiger partial charge on any atom is -0.336 e. The predicted molar refractivity (Wildman–Crippen MR) is 71.6 cm³/mol. The molecule has 0 bridgehead atoms. The van der Waals surface area contributed by atoms with Gasteiger partial charge in [0.2, 0.25) is 0 Å². The topological polar surface area (TPSA) is 32.3 Å². The van der Waals surface area contributed by atoms with Crippen molar-refractivity contribution in [1.82, 2.24) is 10.2 Å². The zero-order valence-corrected chi connectivity index (χ0v) is 11.4. The van der Waals surface area contributed by atoms with Gasteiger partial charge in [-0.1, -0.05) is 30.3 Å². The van der Waals surface area contributed by atoms with Gasteiger partial charge < -0.3 is 10.2 Å². The van der Waals surface area contributed by atoms with Crippen LogP contribution in [0.2, 0.25) is 0 Å². The van der Waals surface area contributed by atoms with Gasteiger partial charge in [0, 0.05) is 25.2 Å². The largest absolute Gasteiger partial charge is 0.349 e. The summed E-state index contributed by atoms with van der Waals surface area (Å²) in [7, 11) is 1.44. The standard InChI is InChI=1S/C13H16F2N2O.ClH/c1-17(11-7-8-16-9-11)12(18)13(14,15)10-5-3-2-4-6-10;/h2-6,11,16H,7-9H2,1H3;1H. The van der Waals surface area contributed by atoms with Crippen LogP contribution < -0.4 is 5.32 Å². The third-order valence-electron chi connectivity index (χ3n) is 3.31. The molecule has 1 heterocycles. The lowest BCUT2D eigenvalue weighted by atomic mass is 10.1. The molecule has 3 nitrogen and oxygen atoms in total. The first-order valence-electron chi connectivity index (χ1n) is 5.95. The molecule has 0 aromatic heterocycles. The summed E-state index contributed by atoms with van der Waals surface area (Å²) < 4.78 is 28.1. The maximum absolute atomic E-state index is 14.0. The summed E-state index contributed by atoms with van der Waals surface area (Å²) in [6.45, 7) is 1.34. The number of rotatable bonds is 3. The van der Waals surface area contributed by atoms with Crippen molar-refractivity contribution in [3.63, 3.8) is 0 Å². The Bertz CT molecular complexity index is 422. The van der Waals surface area contributed by atoms with E-state index < -0.39 is 11.8 Å². The van der Waals surface area contributed by atoms with Gasteiger partial charge in [-0.2, -0.15) is 8.78 Å². The van der Waals surface area contributed by atoms with Crippen LogP contribution in [0.1, 0.15) is 12.0 Å². The molecule has 1 N–H and O–H groups in total. The first kappa shape index (κ1) is 15.9. The Hall–Kier alpha value is -1.20. The lowest BCUT2D eigenvalue weighted by molar-refractivity contribution is -0.159. The van der Waals surface area contributed by atoms with Gasteiger partial charge >= 0.3 is 5.92 Å². The van der Waals surface area contributed by atoms with Crippen LogP contribution in [0.3, 0.4) is 0 Å². The van der Waals surface area contributed by atoms with Crippen molar-refractivity contribution in [2.24, 2.45) is 0 Å². The Morgan fingerprint density at radius 2 is 2.00 bits per heavy atom. The van der Waals surface area contributed by atoms with Gasteiger partial charge in [-0.3, -0.25) is 4.79 Å². The first-order valence-corrected chi connectivity index (χ1v) is 5.95. The third kappa shape index (κ3) is 3.22. The third-order valence-corrected chi connectivity index (χ3v) is 3.31. The summed E-state index contributed by atoms with van der Waals surface area (Å²) in [5.74, 6) is -4.60. The van der Waals surface area contributed by atoms with E-state index in [-0.39, 0.29) is 24.0 Å². The fourth-order valence-electron chi connectivity index (χ4n) is 2.13. The number of carbonyl (C=O) groups is 1. The summed E-state index contributed by atoms with van der Waals surface area (Å²) >= 11 is 0. The summed E-state index contributed by atoms with van der Waals surface area (Å²) in [6.07, 6.45) is 0.715. The highest BCUT2D eigenvalue weighted by Crippen LogP contribution is 2.30. The molecular weight excluding hydrogens is 274 g/mol. The normalized spacial score (nSPS) is 18.8. The van der Waals surface area contributed by atoms with Gasteiger partial charge in [0.15, 0.2) is 0 Å². The van der Waals surface area contributed by atoms with Gasteiger partial charge in [0.25, 0.3) is 5.91 Å². The van der Waals surface area contributed by atoms with E-state index in [2.05, 4.69) is 5.32 Å². The number of nitrogens with one attached hydrogen (secondary N) is 1. The molecule has 1 saturated heterocycles. The first-order chi connectivity index (χ1) is 8.53. The van der Waals surface area contributed by atoms with Gasteiger partial charge in [-0.05, 0) is 13.0 Å². The average molecular weight is 291 g/mol. The molecule has 2 rings (SSSR count). The van der Waals surface area contributed by atoms with E-state index in [1.807, 2.05) is 0 Å². The number of hydrogen-bond acceptors (Lipinski definition) is 2. The number of amides is 1. The van der Waals surface area contributed by atoms with E-state index >= 15 is 0 Å². The molecule has 19 heavy (non-hydrogen) atoms. The fourth-order valence-corrected chi connectivity index (χ4v) is 2.13. The van der Waals surface area contributed by atoms with Gasteiger partial charge in [-0.15, -0.1) is 12.4 Å². The monoisotopic (exact) mass is 290 g/mol. The maximum atomic E-state index is 14.0. The molecule has 6 heteroatoms. The van der Waals surface area contributed by atoms with Crippen LogP contribution >= 0.6 is 12.4 Å². The number of halogens is 3. The summed E-state index contributed by atoms with van der Waals surface area (Å²) in [4.78, 5) is 13.1. The number of hydrogen-bond donors (Lipinski definition) is 1. The van der Waals surface area contributed by atoms with Crippen LogP contribution in [0, 0.1) is 0 Å². The second-order valence-electron chi connectivity index (χ2n) is 4.50. The number of alkyl halides is 2. The highest BCUT2D eigenvalue weighted by atomic mass is 35.5. The van der Waals surface area contributed by atoms with Crippen molar-refractivity contribution in [1.29, 1.82) is 0 Å². The van der Waals surface area contributed by atoms with Crippen molar-refractivity contribution >= 4 is 18.3 Å². The number of carbonyl (C=O) groups excluding carboxylic acids is 1. The molecule has 0 aliphatic carbocycles. The molecule has 1 aliphatic rings. The Labute approximate surface area is 117 Å². The predicted octanol–water partition coefficient (Wildman–Crippen LogP) is 2.02. The van der Waals surface area contributed by atoms with E-state index in [0.717, 1.165) is 11.4 Å². The molecule has 0 radical (unpaired) electrons. The second-order valence-corrected chi connectivity index (χ2v) is 4.50.